The highest BCUT2D eigenvalue weighted by Crippen LogP contribution is 2.53. The minimum atomic E-state index is -1.07. The molecule has 2 heterocycles. The van der Waals surface area contributed by atoms with E-state index < -0.39 is 17.8 Å². The number of fused-ring (bicyclic) bond motifs is 1. The number of ether oxygens (including phenoxy) is 2. The topological polar surface area (TPSA) is 121 Å². The molecule has 1 aliphatic heterocycles. The summed E-state index contributed by atoms with van der Waals surface area (Å²) in [6, 6.07) is 3.08. The summed E-state index contributed by atoms with van der Waals surface area (Å²) in [5, 5.41) is 11.7. The Morgan fingerprint density at radius 3 is 2.37 bits per heavy atom. The average Bonchev–Trinajstić information content (AvgIpc) is 3.15. The van der Waals surface area contributed by atoms with Crippen molar-refractivity contribution in [3.05, 3.63) is 49.4 Å². The molecule has 1 aromatic carbocycles. The van der Waals surface area contributed by atoms with Gasteiger partial charge in [-0.05, 0) is 57.2 Å². The molecule has 1 aliphatic carbocycles. The summed E-state index contributed by atoms with van der Waals surface area (Å²) in [5.41, 5.74) is 1.24. The lowest BCUT2D eigenvalue weighted by molar-refractivity contribution is -0.121. The fraction of sp³-hybridized carbons (Fsp3) is 0.458. The molecule has 11 heteroatoms. The summed E-state index contributed by atoms with van der Waals surface area (Å²) >= 11 is 13.1. The fourth-order valence-electron chi connectivity index (χ4n) is 5.00. The van der Waals surface area contributed by atoms with Crippen LogP contribution in [0.5, 0.6) is 11.5 Å². The largest absolute Gasteiger partial charge is 0.465 e. The highest BCUT2D eigenvalue weighted by Gasteiger charge is 2.48. The molecular formula is C24H27Cl2N3O6. The van der Waals surface area contributed by atoms with Crippen LogP contribution in [-0.4, -0.2) is 41.0 Å². The van der Waals surface area contributed by atoms with Gasteiger partial charge in [-0.3, -0.25) is 9.59 Å². The Bertz CT molecular complexity index is 1250. The zero-order chi connectivity index (χ0) is 25.7. The van der Waals surface area contributed by atoms with Gasteiger partial charge in [-0.15, -0.1) is 0 Å². The van der Waals surface area contributed by atoms with E-state index in [4.69, 9.17) is 37.8 Å². The van der Waals surface area contributed by atoms with Crippen molar-refractivity contribution in [3.8, 4) is 11.5 Å². The molecule has 2 aliphatic rings. The maximum absolute atomic E-state index is 13.4. The first kappa shape index (κ1) is 25.2. The van der Waals surface area contributed by atoms with E-state index in [2.05, 4.69) is 10.3 Å². The van der Waals surface area contributed by atoms with Crippen molar-refractivity contribution in [1.29, 1.82) is 0 Å². The standard InChI is InChI=1S/C24H27Cl2N3O6/c1-11-9-12(2)27-21(30)18(11)29(4)22(31)15-10-16(25)19-20(17(15)26)35-24(3,34-19)13-5-7-14(8-6-13)28-23(32)33/h9-10,13-14,28H,5-8H2,1-4H3,(H,27,30)(H,32,33). The molecule has 9 nitrogen and oxygen atoms in total. The molecule has 0 radical (unpaired) electrons. The molecule has 3 N–H and O–H groups in total. The smallest absolute Gasteiger partial charge is 0.404 e. The number of nitrogens with zero attached hydrogens (tertiary/aromatic N) is 1. The number of carbonyl (C=O) groups excluding carboxylic acids is 1. The number of anilines is 1. The highest BCUT2D eigenvalue weighted by molar-refractivity contribution is 6.39. The van der Waals surface area contributed by atoms with Crippen molar-refractivity contribution in [2.75, 3.05) is 11.9 Å². The molecule has 1 aromatic heterocycles. The Labute approximate surface area is 212 Å². The second-order valence-electron chi connectivity index (χ2n) is 9.27. The molecule has 1 saturated carbocycles. The Balaban J connectivity index is 1.59. The average molecular weight is 524 g/mol. The Morgan fingerprint density at radius 2 is 1.77 bits per heavy atom. The number of nitrogens with one attached hydrogen (secondary N) is 2. The van der Waals surface area contributed by atoms with Crippen molar-refractivity contribution in [2.45, 2.75) is 58.3 Å². The number of benzene rings is 1. The van der Waals surface area contributed by atoms with Gasteiger partial charge in [0.25, 0.3) is 17.3 Å². The van der Waals surface area contributed by atoms with Crippen molar-refractivity contribution in [1.82, 2.24) is 10.3 Å². The number of aromatic amines is 1. The molecule has 1 atom stereocenters. The molecule has 1 fully saturated rings. The summed E-state index contributed by atoms with van der Waals surface area (Å²) in [6.45, 7) is 5.31. The Hall–Kier alpha value is -2.91. The number of H-pyrrole nitrogens is 1. The molecule has 188 valence electrons. The first-order valence-electron chi connectivity index (χ1n) is 11.3. The van der Waals surface area contributed by atoms with E-state index in [1.54, 1.807) is 26.8 Å². The van der Waals surface area contributed by atoms with Crippen molar-refractivity contribution in [2.24, 2.45) is 5.92 Å². The van der Waals surface area contributed by atoms with E-state index in [9.17, 15) is 14.4 Å². The van der Waals surface area contributed by atoms with Gasteiger partial charge >= 0.3 is 6.09 Å². The van der Waals surface area contributed by atoms with Crippen molar-refractivity contribution < 1.29 is 24.2 Å². The predicted molar refractivity (Wildman–Crippen MR) is 132 cm³/mol. The molecule has 2 amide bonds. The number of hydrogen-bond donors (Lipinski definition) is 3. The summed E-state index contributed by atoms with van der Waals surface area (Å²) in [4.78, 5) is 40.8. The third-order valence-electron chi connectivity index (χ3n) is 6.74. The third kappa shape index (κ3) is 4.67. The molecular weight excluding hydrogens is 497 g/mol. The van der Waals surface area contributed by atoms with E-state index >= 15 is 0 Å². The minimum Gasteiger partial charge on any atom is -0.465 e. The highest BCUT2D eigenvalue weighted by atomic mass is 35.5. The molecule has 1 unspecified atom stereocenters. The van der Waals surface area contributed by atoms with Gasteiger partial charge in [0.05, 0.1) is 15.6 Å². The zero-order valence-corrected chi connectivity index (χ0v) is 21.3. The maximum atomic E-state index is 13.4. The summed E-state index contributed by atoms with van der Waals surface area (Å²) in [5.74, 6) is -1.19. The van der Waals surface area contributed by atoms with Crippen LogP contribution in [0.2, 0.25) is 10.0 Å². The van der Waals surface area contributed by atoms with Gasteiger partial charge in [0.15, 0.2) is 11.5 Å². The van der Waals surface area contributed by atoms with E-state index in [0.29, 0.717) is 36.9 Å². The predicted octanol–water partition coefficient (Wildman–Crippen LogP) is 4.89. The number of hydrogen-bond acceptors (Lipinski definition) is 5. The van der Waals surface area contributed by atoms with Gasteiger partial charge in [-0.25, -0.2) is 4.79 Å². The van der Waals surface area contributed by atoms with E-state index in [0.717, 1.165) is 0 Å². The zero-order valence-electron chi connectivity index (χ0n) is 19.8. The lowest BCUT2D eigenvalue weighted by atomic mass is 9.81. The third-order valence-corrected chi connectivity index (χ3v) is 7.39. The molecule has 4 rings (SSSR count). The molecule has 35 heavy (non-hydrogen) atoms. The molecule has 0 bridgehead atoms. The quantitative estimate of drug-likeness (QED) is 0.524. The van der Waals surface area contributed by atoms with Gasteiger partial charge in [0.2, 0.25) is 0 Å². The van der Waals surface area contributed by atoms with Crippen LogP contribution in [0.3, 0.4) is 0 Å². The summed E-state index contributed by atoms with van der Waals surface area (Å²) < 4.78 is 12.3. The van der Waals surface area contributed by atoms with E-state index in [-0.39, 0.29) is 50.3 Å². The van der Waals surface area contributed by atoms with Gasteiger partial charge in [-0.2, -0.15) is 0 Å². The lowest BCUT2D eigenvalue weighted by Gasteiger charge is -2.37. The first-order valence-corrected chi connectivity index (χ1v) is 12.0. The van der Waals surface area contributed by atoms with Crippen LogP contribution in [0.1, 0.15) is 54.2 Å². The number of rotatable bonds is 4. The van der Waals surface area contributed by atoms with Gasteiger partial charge < -0.3 is 29.8 Å². The molecule has 0 spiro atoms. The number of amides is 2. The van der Waals surface area contributed by atoms with Gasteiger partial charge in [0.1, 0.15) is 5.69 Å². The van der Waals surface area contributed by atoms with E-state index in [1.165, 1.54) is 18.0 Å². The number of aryl methyl sites for hydroxylation is 2. The van der Waals surface area contributed by atoms with Crippen LogP contribution in [0, 0.1) is 19.8 Å². The van der Waals surface area contributed by atoms with Crippen LogP contribution >= 0.6 is 23.2 Å². The van der Waals surface area contributed by atoms with Crippen LogP contribution in [0.25, 0.3) is 0 Å². The monoisotopic (exact) mass is 523 g/mol. The van der Waals surface area contributed by atoms with Crippen molar-refractivity contribution in [3.63, 3.8) is 0 Å². The van der Waals surface area contributed by atoms with Crippen molar-refractivity contribution >= 4 is 40.9 Å². The Morgan fingerprint density at radius 1 is 1.14 bits per heavy atom. The van der Waals surface area contributed by atoms with Crippen LogP contribution in [0.15, 0.2) is 16.9 Å². The Kier molecular flexibility index (Phi) is 6.68. The summed E-state index contributed by atoms with van der Waals surface area (Å²) in [7, 11) is 1.50. The number of aromatic nitrogens is 1. The number of halogens is 2. The minimum absolute atomic E-state index is 0.0375. The second kappa shape index (κ2) is 9.28. The maximum Gasteiger partial charge on any atom is 0.404 e. The number of pyridine rings is 1. The second-order valence-corrected chi connectivity index (χ2v) is 10.1. The van der Waals surface area contributed by atoms with E-state index in [1.807, 2.05) is 0 Å². The molecule has 2 aromatic rings. The normalized spacial score (nSPS) is 23.1. The van der Waals surface area contributed by atoms with Gasteiger partial charge in [0, 0.05) is 31.6 Å². The fourth-order valence-corrected chi connectivity index (χ4v) is 5.50. The number of carboxylic acid groups (broad SMARTS) is 1. The van der Waals surface area contributed by atoms with Crippen LogP contribution < -0.4 is 25.2 Å². The number of carbonyl (C=O) groups is 2. The van der Waals surface area contributed by atoms with Crippen LogP contribution in [-0.2, 0) is 0 Å². The van der Waals surface area contributed by atoms with Crippen LogP contribution in [0.4, 0.5) is 10.5 Å². The lowest BCUT2D eigenvalue weighted by Crippen LogP contribution is -2.47. The molecule has 0 saturated heterocycles. The van der Waals surface area contributed by atoms with Gasteiger partial charge in [-0.1, -0.05) is 23.2 Å². The SMILES string of the molecule is Cc1cc(C)c(N(C)C(=O)c2cc(Cl)c3c(c2Cl)OC(C)(C2CCC(NC(=O)O)CC2)O3)c(=O)[nH]1. The summed E-state index contributed by atoms with van der Waals surface area (Å²) in [6.07, 6.45) is 1.61. The first-order chi connectivity index (χ1) is 16.4.